The van der Waals surface area contributed by atoms with E-state index in [0.29, 0.717) is 17.3 Å². The Labute approximate surface area is 158 Å². The zero-order valence-electron chi connectivity index (χ0n) is 15.7. The Kier molecular flexibility index (Phi) is 3.17. The fourth-order valence-electron chi connectivity index (χ4n) is 4.29. The van der Waals surface area contributed by atoms with Crippen molar-refractivity contribution in [3.63, 3.8) is 0 Å². The van der Waals surface area contributed by atoms with Crippen LogP contribution in [0.5, 0.6) is 23.1 Å². The van der Waals surface area contributed by atoms with Gasteiger partial charge in [-0.3, -0.25) is 0 Å². The van der Waals surface area contributed by atoms with Crippen molar-refractivity contribution in [1.29, 1.82) is 5.26 Å². The first-order valence-electron chi connectivity index (χ1n) is 9.00. The lowest BCUT2D eigenvalue weighted by atomic mass is 9.34. The van der Waals surface area contributed by atoms with E-state index in [9.17, 15) is 5.26 Å². The number of nitrogens with zero attached hydrogens (tertiary/aromatic N) is 2. The summed E-state index contributed by atoms with van der Waals surface area (Å²) in [5, 5.41) is 9.54. The summed E-state index contributed by atoms with van der Waals surface area (Å²) >= 11 is 0. The van der Waals surface area contributed by atoms with Gasteiger partial charge in [0.1, 0.15) is 23.3 Å². The summed E-state index contributed by atoms with van der Waals surface area (Å²) in [7, 11) is 0. The van der Waals surface area contributed by atoms with Gasteiger partial charge >= 0.3 is 0 Å². The standard InChI is InChI=1S/C22H17BN2O2/c1-11-8-13(3)20-16(9-11)23-15-7-5-6-12(2)19(15)26-21-14(4)17(10-24)25-22(27-20)18(21)23/h5-9H,1-4H3. The predicted molar refractivity (Wildman–Crippen MR) is 106 cm³/mol. The van der Waals surface area contributed by atoms with Gasteiger partial charge in [-0.2, -0.15) is 5.26 Å². The van der Waals surface area contributed by atoms with Gasteiger partial charge in [0.15, 0.2) is 5.69 Å². The van der Waals surface area contributed by atoms with Crippen molar-refractivity contribution < 1.29 is 9.47 Å². The van der Waals surface area contributed by atoms with Crippen molar-refractivity contribution in [2.24, 2.45) is 0 Å². The maximum absolute atomic E-state index is 9.54. The van der Waals surface area contributed by atoms with Gasteiger partial charge in [0.05, 0.1) is 0 Å². The van der Waals surface area contributed by atoms with E-state index in [1.165, 1.54) is 5.56 Å². The van der Waals surface area contributed by atoms with Gasteiger partial charge in [0, 0.05) is 11.0 Å². The molecule has 0 amide bonds. The molecule has 0 atom stereocenters. The fraction of sp³-hybridized carbons (Fsp3) is 0.182. The number of aryl methyl sites for hydroxylation is 3. The van der Waals surface area contributed by atoms with Crippen LogP contribution in [-0.4, -0.2) is 11.7 Å². The highest BCUT2D eigenvalue weighted by atomic mass is 16.5. The number of fused-ring (bicyclic) bond motifs is 4. The average Bonchev–Trinajstić information content (AvgIpc) is 2.65. The fourth-order valence-corrected chi connectivity index (χ4v) is 4.29. The molecule has 0 radical (unpaired) electrons. The van der Waals surface area contributed by atoms with Crippen molar-refractivity contribution in [1.82, 2.24) is 4.98 Å². The lowest BCUT2D eigenvalue weighted by Crippen LogP contribution is -2.58. The lowest BCUT2D eigenvalue weighted by molar-refractivity contribution is 0.444. The molecule has 0 spiro atoms. The summed E-state index contributed by atoms with van der Waals surface area (Å²) in [4.78, 5) is 4.52. The average molecular weight is 352 g/mol. The number of nitriles is 1. The van der Waals surface area contributed by atoms with Crippen LogP contribution < -0.4 is 25.9 Å². The number of rotatable bonds is 0. The molecule has 0 aliphatic carbocycles. The van der Waals surface area contributed by atoms with Crippen molar-refractivity contribution >= 4 is 23.1 Å². The summed E-state index contributed by atoms with van der Waals surface area (Å²) in [5.41, 5.74) is 7.59. The number of pyridine rings is 1. The van der Waals surface area contributed by atoms with E-state index in [1.807, 2.05) is 26.8 Å². The summed E-state index contributed by atoms with van der Waals surface area (Å²) in [6.07, 6.45) is 0. The van der Waals surface area contributed by atoms with E-state index in [0.717, 1.165) is 44.6 Å². The largest absolute Gasteiger partial charge is 0.458 e. The molecule has 130 valence electrons. The van der Waals surface area contributed by atoms with Crippen molar-refractivity contribution in [3.8, 4) is 29.2 Å². The molecule has 0 N–H and O–H groups in total. The van der Waals surface area contributed by atoms with Crippen LogP contribution in [0.15, 0.2) is 30.3 Å². The topological polar surface area (TPSA) is 55.1 Å². The molecule has 2 aliphatic rings. The number of hydrogen-bond acceptors (Lipinski definition) is 4. The Morgan fingerprint density at radius 1 is 0.926 bits per heavy atom. The van der Waals surface area contributed by atoms with Crippen LogP contribution in [0.4, 0.5) is 0 Å². The van der Waals surface area contributed by atoms with Gasteiger partial charge in [-0.25, -0.2) is 4.98 Å². The van der Waals surface area contributed by atoms with Gasteiger partial charge in [0.25, 0.3) is 6.71 Å². The van der Waals surface area contributed by atoms with Crippen LogP contribution in [0.25, 0.3) is 0 Å². The Morgan fingerprint density at radius 3 is 2.48 bits per heavy atom. The molecule has 0 unspecified atom stereocenters. The lowest BCUT2D eigenvalue weighted by Gasteiger charge is -2.34. The van der Waals surface area contributed by atoms with E-state index in [4.69, 9.17) is 9.47 Å². The van der Waals surface area contributed by atoms with Crippen molar-refractivity contribution in [3.05, 3.63) is 58.3 Å². The van der Waals surface area contributed by atoms with Crippen LogP contribution in [0.1, 0.15) is 27.9 Å². The SMILES string of the molecule is Cc1cc(C)c2c(c1)B1c3cccc(C)c3Oc3c(C)c(C#N)nc(c31)O2. The number of aromatic nitrogens is 1. The number of benzene rings is 2. The molecule has 0 bridgehead atoms. The second kappa shape index (κ2) is 5.37. The number of hydrogen-bond donors (Lipinski definition) is 0. The zero-order valence-corrected chi connectivity index (χ0v) is 15.7. The van der Waals surface area contributed by atoms with Crippen LogP contribution >= 0.6 is 0 Å². The van der Waals surface area contributed by atoms with Gasteiger partial charge in [-0.05, 0) is 49.7 Å². The molecule has 5 rings (SSSR count). The van der Waals surface area contributed by atoms with Gasteiger partial charge < -0.3 is 9.47 Å². The molecule has 0 fully saturated rings. The highest BCUT2D eigenvalue weighted by molar-refractivity contribution is 6.98. The number of para-hydroxylation sites is 1. The molecular weight excluding hydrogens is 335 g/mol. The third-order valence-electron chi connectivity index (χ3n) is 5.49. The monoisotopic (exact) mass is 352 g/mol. The maximum Gasteiger partial charge on any atom is 0.262 e. The molecule has 0 saturated carbocycles. The molecule has 1 aromatic heterocycles. The van der Waals surface area contributed by atoms with Crippen LogP contribution in [0.2, 0.25) is 0 Å². The first-order chi connectivity index (χ1) is 13.0. The highest BCUT2D eigenvalue weighted by Crippen LogP contribution is 2.38. The Morgan fingerprint density at radius 2 is 1.70 bits per heavy atom. The molecule has 0 saturated heterocycles. The third-order valence-corrected chi connectivity index (χ3v) is 5.49. The van der Waals surface area contributed by atoms with Gasteiger partial charge in [-0.15, -0.1) is 0 Å². The minimum atomic E-state index is -0.0139. The molecule has 2 aromatic carbocycles. The summed E-state index contributed by atoms with van der Waals surface area (Å²) in [5.74, 6) is 2.88. The molecule has 2 aliphatic heterocycles. The maximum atomic E-state index is 9.54. The molecule has 5 heteroatoms. The van der Waals surface area contributed by atoms with Crippen LogP contribution in [0, 0.1) is 39.0 Å². The van der Waals surface area contributed by atoms with E-state index < -0.39 is 0 Å². The predicted octanol–water partition coefficient (Wildman–Crippen LogP) is 2.91. The molecule has 4 nitrogen and oxygen atoms in total. The first kappa shape index (κ1) is 16.0. The molecule has 3 heterocycles. The Bertz CT molecular complexity index is 1190. The minimum absolute atomic E-state index is 0.0139. The van der Waals surface area contributed by atoms with Crippen molar-refractivity contribution in [2.45, 2.75) is 27.7 Å². The normalized spacial score (nSPS) is 12.9. The van der Waals surface area contributed by atoms with E-state index >= 15 is 0 Å². The quantitative estimate of drug-likeness (QED) is 0.402. The zero-order chi connectivity index (χ0) is 18.9. The third kappa shape index (κ3) is 2.07. The molecule has 3 aromatic rings. The Hall–Kier alpha value is -3.26. The molecule has 27 heavy (non-hydrogen) atoms. The smallest absolute Gasteiger partial charge is 0.262 e. The van der Waals surface area contributed by atoms with Gasteiger partial charge in [-0.1, -0.05) is 35.9 Å². The van der Waals surface area contributed by atoms with E-state index in [1.54, 1.807) is 0 Å². The summed E-state index contributed by atoms with van der Waals surface area (Å²) in [6.45, 7) is 8.07. The summed E-state index contributed by atoms with van der Waals surface area (Å²) in [6, 6.07) is 12.7. The second-order valence-corrected chi connectivity index (χ2v) is 7.38. The van der Waals surface area contributed by atoms with Crippen molar-refractivity contribution in [2.75, 3.05) is 0 Å². The first-order valence-corrected chi connectivity index (χ1v) is 9.00. The van der Waals surface area contributed by atoms with Gasteiger partial charge in [0.2, 0.25) is 5.88 Å². The minimum Gasteiger partial charge on any atom is -0.458 e. The second-order valence-electron chi connectivity index (χ2n) is 7.38. The van der Waals surface area contributed by atoms with E-state index in [2.05, 4.69) is 42.2 Å². The molecular formula is C22H17BN2O2. The Balaban J connectivity index is 1.92. The van der Waals surface area contributed by atoms with Crippen LogP contribution in [0.3, 0.4) is 0 Å². The van der Waals surface area contributed by atoms with Crippen LogP contribution in [-0.2, 0) is 0 Å². The summed E-state index contributed by atoms with van der Waals surface area (Å²) < 4.78 is 12.5. The number of ether oxygens (including phenoxy) is 2. The van der Waals surface area contributed by atoms with E-state index in [-0.39, 0.29) is 6.71 Å². The highest BCUT2D eigenvalue weighted by Gasteiger charge is 2.43.